The van der Waals surface area contributed by atoms with Gasteiger partial charge in [-0.15, -0.1) is 0 Å². The molecule has 0 fully saturated rings. The molecule has 0 aromatic carbocycles. The maximum Gasteiger partial charge on any atom is 0.320 e. The molecule has 0 saturated heterocycles. The molecule has 0 radical (unpaired) electrons. The van der Waals surface area contributed by atoms with E-state index >= 15 is 0 Å². The molecule has 0 aliphatic carbocycles. The van der Waals surface area contributed by atoms with Crippen molar-refractivity contribution < 1.29 is 4.79 Å². The molecule has 16 heavy (non-hydrogen) atoms. The van der Waals surface area contributed by atoms with Gasteiger partial charge in [0.05, 0.1) is 0 Å². The quantitative estimate of drug-likeness (QED) is 0.717. The topological polar surface area (TPSA) is 66.0 Å². The van der Waals surface area contributed by atoms with Crippen LogP contribution in [0.25, 0.3) is 0 Å². The van der Waals surface area contributed by atoms with Gasteiger partial charge in [-0.2, -0.15) is 0 Å². The normalized spacial score (nSPS) is 10.9. The first kappa shape index (κ1) is 12.4. The highest BCUT2D eigenvalue weighted by Gasteiger charge is 2.15. The zero-order chi connectivity index (χ0) is 12.0. The molecule has 1 heterocycles. The van der Waals surface area contributed by atoms with Gasteiger partial charge in [-0.25, -0.2) is 9.78 Å². The molecule has 5 heteroatoms. The standard InChI is InChI=1S/C11H18N4O/c1-11(2,12-3)8-14-10(16)15-9-6-4-5-7-13-9/h4-7,12H,8H2,1-3H3,(H2,13,14,15,16). The summed E-state index contributed by atoms with van der Waals surface area (Å²) in [6.45, 7) is 4.56. The smallest absolute Gasteiger partial charge is 0.320 e. The van der Waals surface area contributed by atoms with Crippen LogP contribution in [0.3, 0.4) is 0 Å². The van der Waals surface area contributed by atoms with Gasteiger partial charge in [0.15, 0.2) is 0 Å². The third-order valence-corrected chi connectivity index (χ3v) is 2.27. The van der Waals surface area contributed by atoms with Crippen molar-refractivity contribution >= 4 is 11.8 Å². The Kier molecular flexibility index (Phi) is 4.25. The third kappa shape index (κ3) is 4.27. The lowest BCUT2D eigenvalue weighted by Gasteiger charge is -2.24. The van der Waals surface area contributed by atoms with Gasteiger partial charge in [0, 0.05) is 18.3 Å². The van der Waals surface area contributed by atoms with Crippen LogP contribution in [0, 0.1) is 0 Å². The second-order valence-corrected chi connectivity index (χ2v) is 4.16. The molecule has 1 aromatic rings. The van der Waals surface area contributed by atoms with Crippen LogP contribution in [-0.2, 0) is 0 Å². The number of anilines is 1. The first-order chi connectivity index (χ1) is 7.53. The summed E-state index contributed by atoms with van der Waals surface area (Å²) in [6.07, 6.45) is 1.63. The molecule has 88 valence electrons. The summed E-state index contributed by atoms with van der Waals surface area (Å²) in [4.78, 5) is 15.5. The summed E-state index contributed by atoms with van der Waals surface area (Å²) in [7, 11) is 1.86. The highest BCUT2D eigenvalue weighted by molar-refractivity contribution is 5.88. The molecule has 3 N–H and O–H groups in total. The second kappa shape index (κ2) is 5.46. The molecule has 1 aromatic heterocycles. The summed E-state index contributed by atoms with van der Waals surface area (Å²) in [5, 5.41) is 8.52. The zero-order valence-corrected chi connectivity index (χ0v) is 9.87. The van der Waals surface area contributed by atoms with E-state index in [4.69, 9.17) is 0 Å². The molecular weight excluding hydrogens is 204 g/mol. The van der Waals surface area contributed by atoms with Crippen LogP contribution in [0.5, 0.6) is 0 Å². The van der Waals surface area contributed by atoms with Crippen LogP contribution in [0.2, 0.25) is 0 Å². The van der Waals surface area contributed by atoms with Crippen molar-refractivity contribution in [2.45, 2.75) is 19.4 Å². The summed E-state index contributed by atoms with van der Waals surface area (Å²) in [5.41, 5.74) is -0.124. The number of carbonyl (C=O) groups excluding carboxylic acids is 1. The van der Waals surface area contributed by atoms with Gasteiger partial charge in [-0.3, -0.25) is 5.32 Å². The Morgan fingerprint density at radius 2 is 2.19 bits per heavy atom. The number of amides is 2. The van der Waals surface area contributed by atoms with Gasteiger partial charge < -0.3 is 10.6 Å². The zero-order valence-electron chi connectivity index (χ0n) is 9.87. The largest absolute Gasteiger partial charge is 0.336 e. The summed E-state index contributed by atoms with van der Waals surface area (Å²) < 4.78 is 0. The molecule has 5 nitrogen and oxygen atoms in total. The van der Waals surface area contributed by atoms with Crippen LogP contribution in [0.4, 0.5) is 10.6 Å². The van der Waals surface area contributed by atoms with Gasteiger partial charge in [0.2, 0.25) is 0 Å². The van der Waals surface area contributed by atoms with E-state index in [1.54, 1.807) is 18.3 Å². The average Bonchev–Trinajstić information content (AvgIpc) is 2.28. The van der Waals surface area contributed by atoms with Crippen molar-refractivity contribution in [1.29, 1.82) is 0 Å². The Labute approximate surface area is 95.7 Å². The first-order valence-electron chi connectivity index (χ1n) is 5.18. The number of hydrogen-bond donors (Lipinski definition) is 3. The number of rotatable bonds is 4. The lowest BCUT2D eigenvalue weighted by Crippen LogP contribution is -2.48. The third-order valence-electron chi connectivity index (χ3n) is 2.27. The molecule has 1 rings (SSSR count). The van der Waals surface area contributed by atoms with Crippen LogP contribution in [-0.4, -0.2) is 30.1 Å². The van der Waals surface area contributed by atoms with Crippen molar-refractivity contribution in [2.24, 2.45) is 0 Å². The monoisotopic (exact) mass is 222 g/mol. The van der Waals surface area contributed by atoms with E-state index in [1.807, 2.05) is 27.0 Å². The fraction of sp³-hybridized carbons (Fsp3) is 0.455. The van der Waals surface area contributed by atoms with Crippen molar-refractivity contribution in [3.8, 4) is 0 Å². The van der Waals surface area contributed by atoms with Gasteiger partial charge in [-0.05, 0) is 33.0 Å². The van der Waals surface area contributed by atoms with Crippen molar-refractivity contribution in [3.05, 3.63) is 24.4 Å². The summed E-state index contributed by atoms with van der Waals surface area (Å²) >= 11 is 0. The van der Waals surface area contributed by atoms with Crippen molar-refractivity contribution in [1.82, 2.24) is 15.6 Å². The molecule has 0 atom stereocenters. The van der Waals surface area contributed by atoms with E-state index < -0.39 is 0 Å². The van der Waals surface area contributed by atoms with Gasteiger partial charge in [-0.1, -0.05) is 6.07 Å². The molecule has 0 aliphatic rings. The van der Waals surface area contributed by atoms with Gasteiger partial charge in [0.1, 0.15) is 5.82 Å². The minimum Gasteiger partial charge on any atom is -0.336 e. The number of carbonyl (C=O) groups is 1. The van der Waals surface area contributed by atoms with Gasteiger partial charge in [0.25, 0.3) is 0 Å². The molecule has 0 unspecified atom stereocenters. The number of nitrogens with zero attached hydrogens (tertiary/aromatic N) is 1. The highest BCUT2D eigenvalue weighted by atomic mass is 16.2. The predicted molar refractivity (Wildman–Crippen MR) is 64.4 cm³/mol. The number of pyridine rings is 1. The fourth-order valence-electron chi connectivity index (χ4n) is 0.987. The number of nitrogens with one attached hydrogen (secondary N) is 3. The molecule has 0 spiro atoms. The number of likely N-dealkylation sites (N-methyl/N-ethyl adjacent to an activating group) is 1. The van der Waals surface area contributed by atoms with E-state index in [0.29, 0.717) is 12.4 Å². The lowest BCUT2D eigenvalue weighted by atomic mass is 10.1. The number of urea groups is 1. The Morgan fingerprint density at radius 3 is 2.75 bits per heavy atom. The molecule has 0 bridgehead atoms. The maximum atomic E-state index is 11.5. The van der Waals surface area contributed by atoms with Crippen LogP contribution < -0.4 is 16.0 Å². The van der Waals surface area contributed by atoms with Crippen LogP contribution in [0.15, 0.2) is 24.4 Å². The molecule has 0 saturated carbocycles. The lowest BCUT2D eigenvalue weighted by molar-refractivity contribution is 0.248. The first-order valence-corrected chi connectivity index (χ1v) is 5.18. The Bertz CT molecular complexity index is 337. The summed E-state index contributed by atoms with van der Waals surface area (Å²) in [6, 6.07) is 5.11. The van der Waals surface area contributed by atoms with E-state index in [2.05, 4.69) is 20.9 Å². The number of hydrogen-bond acceptors (Lipinski definition) is 3. The Hall–Kier alpha value is -1.62. The fourth-order valence-corrected chi connectivity index (χ4v) is 0.987. The summed E-state index contributed by atoms with van der Waals surface area (Å²) in [5.74, 6) is 0.544. The molecule has 2 amide bonds. The van der Waals surface area contributed by atoms with E-state index in [-0.39, 0.29) is 11.6 Å². The minimum atomic E-state index is -0.248. The van der Waals surface area contributed by atoms with Crippen molar-refractivity contribution in [3.63, 3.8) is 0 Å². The Balaban J connectivity index is 2.38. The van der Waals surface area contributed by atoms with E-state index in [9.17, 15) is 4.79 Å². The molecule has 0 aliphatic heterocycles. The maximum absolute atomic E-state index is 11.5. The van der Waals surface area contributed by atoms with E-state index in [1.165, 1.54) is 0 Å². The highest BCUT2D eigenvalue weighted by Crippen LogP contribution is 2.00. The molecular formula is C11H18N4O. The SMILES string of the molecule is CNC(C)(C)CNC(=O)Nc1ccccn1. The van der Waals surface area contributed by atoms with Crippen LogP contribution in [0.1, 0.15) is 13.8 Å². The van der Waals surface area contributed by atoms with Gasteiger partial charge >= 0.3 is 6.03 Å². The Morgan fingerprint density at radius 1 is 1.44 bits per heavy atom. The minimum absolute atomic E-state index is 0.124. The van der Waals surface area contributed by atoms with Crippen molar-refractivity contribution in [2.75, 3.05) is 18.9 Å². The predicted octanol–water partition coefficient (Wildman–Crippen LogP) is 1.20. The van der Waals surface area contributed by atoms with Crippen LogP contribution >= 0.6 is 0 Å². The second-order valence-electron chi connectivity index (χ2n) is 4.16. The number of aromatic nitrogens is 1. The average molecular weight is 222 g/mol. The van der Waals surface area contributed by atoms with E-state index in [0.717, 1.165) is 0 Å².